The molecule has 1 spiro atoms. The van der Waals surface area contributed by atoms with Crippen molar-refractivity contribution in [3.63, 3.8) is 0 Å². The van der Waals surface area contributed by atoms with Crippen LogP contribution in [-0.2, 0) is 4.79 Å². The zero-order chi connectivity index (χ0) is 21.8. The first kappa shape index (κ1) is 20.6. The monoisotopic (exact) mass is 427 g/mol. The van der Waals surface area contributed by atoms with Gasteiger partial charge < -0.3 is 19.7 Å². The Morgan fingerprint density at radius 2 is 2.00 bits per heavy atom. The van der Waals surface area contributed by atoms with E-state index in [1.165, 1.54) is 0 Å². The number of nitrogens with zero attached hydrogens (tertiary/aromatic N) is 2. The lowest BCUT2D eigenvalue weighted by Crippen LogP contribution is -2.67. The van der Waals surface area contributed by atoms with Crippen LogP contribution in [0.2, 0.25) is 0 Å². The topological polar surface area (TPSA) is 71.1 Å². The van der Waals surface area contributed by atoms with Gasteiger partial charge in [0.15, 0.2) is 5.72 Å². The SMILES string of the molecule is COc1ccc2c(c1)O[C@]1(C[C@H]3CC[C@H]1C[C@@H]3C(=O)N1CCN(C(C)C)CC1)NC2=O. The Bertz CT molecular complexity index is 880. The van der Waals surface area contributed by atoms with Crippen LogP contribution in [0.5, 0.6) is 11.5 Å². The molecule has 3 saturated carbocycles. The second kappa shape index (κ2) is 7.69. The molecule has 4 fully saturated rings. The number of hydrogen-bond acceptors (Lipinski definition) is 5. The van der Waals surface area contributed by atoms with Crippen molar-refractivity contribution in [2.75, 3.05) is 33.3 Å². The van der Waals surface area contributed by atoms with E-state index in [0.717, 1.165) is 45.4 Å². The minimum Gasteiger partial charge on any atom is -0.497 e. The third-order valence-corrected chi connectivity index (χ3v) is 7.94. The second-order valence-electron chi connectivity index (χ2n) is 9.84. The molecular formula is C24H33N3O4. The molecule has 2 bridgehead atoms. The maximum atomic E-state index is 13.4. The van der Waals surface area contributed by atoms with Crippen molar-refractivity contribution >= 4 is 11.8 Å². The van der Waals surface area contributed by atoms with Crippen LogP contribution in [0.15, 0.2) is 18.2 Å². The molecule has 1 saturated heterocycles. The Morgan fingerprint density at radius 3 is 2.65 bits per heavy atom. The Balaban J connectivity index is 1.31. The quantitative estimate of drug-likeness (QED) is 0.803. The number of benzene rings is 1. The summed E-state index contributed by atoms with van der Waals surface area (Å²) in [4.78, 5) is 30.8. The fraction of sp³-hybridized carbons (Fsp3) is 0.667. The number of hydrogen-bond donors (Lipinski definition) is 1. The highest BCUT2D eigenvalue weighted by atomic mass is 16.5. The summed E-state index contributed by atoms with van der Waals surface area (Å²) >= 11 is 0. The number of ether oxygens (including phenoxy) is 2. The highest BCUT2D eigenvalue weighted by Crippen LogP contribution is 2.53. The van der Waals surface area contributed by atoms with Crippen LogP contribution < -0.4 is 14.8 Å². The van der Waals surface area contributed by atoms with Gasteiger partial charge in [0.25, 0.3) is 5.91 Å². The molecule has 1 aromatic carbocycles. The molecule has 7 nitrogen and oxygen atoms in total. The third-order valence-electron chi connectivity index (χ3n) is 7.94. The van der Waals surface area contributed by atoms with E-state index in [9.17, 15) is 9.59 Å². The van der Waals surface area contributed by atoms with Gasteiger partial charge in [-0.15, -0.1) is 0 Å². The molecule has 0 radical (unpaired) electrons. The maximum absolute atomic E-state index is 13.4. The Kier molecular flexibility index (Phi) is 5.12. The van der Waals surface area contributed by atoms with Crippen LogP contribution in [0.25, 0.3) is 0 Å². The van der Waals surface area contributed by atoms with Crippen molar-refractivity contribution in [1.29, 1.82) is 0 Å². The molecule has 0 unspecified atom stereocenters. The average Bonchev–Trinajstić information content (AvgIpc) is 2.78. The number of piperazine rings is 1. The van der Waals surface area contributed by atoms with Crippen molar-refractivity contribution in [3.05, 3.63) is 23.8 Å². The van der Waals surface area contributed by atoms with Gasteiger partial charge in [-0.1, -0.05) is 0 Å². The predicted octanol–water partition coefficient (Wildman–Crippen LogP) is 2.50. The van der Waals surface area contributed by atoms with Crippen molar-refractivity contribution in [2.45, 2.75) is 51.3 Å². The summed E-state index contributed by atoms with van der Waals surface area (Å²) in [7, 11) is 1.61. The first-order valence-electron chi connectivity index (χ1n) is 11.6. The Morgan fingerprint density at radius 1 is 1.23 bits per heavy atom. The fourth-order valence-corrected chi connectivity index (χ4v) is 6.11. The van der Waals surface area contributed by atoms with E-state index in [1.807, 2.05) is 0 Å². The minimum absolute atomic E-state index is 0.0437. The van der Waals surface area contributed by atoms with Gasteiger partial charge in [-0.05, 0) is 51.2 Å². The van der Waals surface area contributed by atoms with Gasteiger partial charge in [-0.3, -0.25) is 14.5 Å². The van der Waals surface area contributed by atoms with Crippen LogP contribution in [0.4, 0.5) is 0 Å². The van der Waals surface area contributed by atoms with Crippen LogP contribution in [0.1, 0.15) is 49.9 Å². The lowest BCUT2D eigenvalue weighted by molar-refractivity contribution is -0.157. The number of methoxy groups -OCH3 is 1. The molecule has 2 aliphatic heterocycles. The van der Waals surface area contributed by atoms with E-state index >= 15 is 0 Å². The largest absolute Gasteiger partial charge is 0.497 e. The maximum Gasteiger partial charge on any atom is 0.258 e. The molecule has 2 amide bonds. The number of fused-ring (bicyclic) bond motifs is 3. The molecule has 0 aromatic heterocycles. The summed E-state index contributed by atoms with van der Waals surface area (Å²) in [6.45, 7) is 7.96. The minimum atomic E-state index is -0.702. The number of carbonyl (C=O) groups is 2. The van der Waals surface area contributed by atoms with Crippen LogP contribution in [0.3, 0.4) is 0 Å². The molecule has 2 heterocycles. The zero-order valence-corrected chi connectivity index (χ0v) is 18.7. The summed E-state index contributed by atoms with van der Waals surface area (Å²) < 4.78 is 11.8. The molecule has 6 rings (SSSR count). The molecule has 31 heavy (non-hydrogen) atoms. The normalized spacial score (nSPS) is 32.6. The molecule has 3 aliphatic carbocycles. The van der Waals surface area contributed by atoms with Crippen molar-refractivity contribution in [2.24, 2.45) is 17.8 Å². The van der Waals surface area contributed by atoms with Crippen molar-refractivity contribution in [3.8, 4) is 11.5 Å². The molecule has 1 aromatic rings. The highest BCUT2D eigenvalue weighted by Gasteiger charge is 2.57. The number of rotatable bonds is 3. The molecule has 7 heteroatoms. The van der Waals surface area contributed by atoms with Crippen molar-refractivity contribution in [1.82, 2.24) is 15.1 Å². The average molecular weight is 428 g/mol. The molecule has 168 valence electrons. The Hall–Kier alpha value is -2.28. The van der Waals surface area contributed by atoms with Gasteiger partial charge in [0.05, 0.1) is 12.7 Å². The predicted molar refractivity (Wildman–Crippen MR) is 116 cm³/mol. The summed E-state index contributed by atoms with van der Waals surface area (Å²) in [5.74, 6) is 1.91. The van der Waals surface area contributed by atoms with Crippen molar-refractivity contribution < 1.29 is 19.1 Å². The standard InChI is InChI=1S/C24H33N3O4/c1-15(2)26-8-10-27(11-9-26)23(29)20-12-17-5-4-16(20)14-24(17)25-22(28)19-7-6-18(30-3)13-21(19)31-24/h6-7,13,15-17,20H,4-5,8-12,14H2,1-3H3,(H,25,28)/t16-,17+,20+,24+/m1/s1. The lowest BCUT2D eigenvalue weighted by Gasteiger charge is -2.55. The second-order valence-corrected chi connectivity index (χ2v) is 9.84. The molecule has 1 N–H and O–H groups in total. The van der Waals surface area contributed by atoms with Crippen LogP contribution in [0, 0.1) is 17.8 Å². The van der Waals surface area contributed by atoms with Gasteiger partial charge in [0.2, 0.25) is 5.91 Å². The van der Waals surface area contributed by atoms with E-state index in [2.05, 4.69) is 29.0 Å². The first-order chi connectivity index (χ1) is 14.9. The van der Waals surface area contributed by atoms with Crippen LogP contribution in [-0.4, -0.2) is 66.7 Å². The summed E-state index contributed by atoms with van der Waals surface area (Å²) in [5.41, 5.74) is -0.157. The van der Waals surface area contributed by atoms with Gasteiger partial charge in [0.1, 0.15) is 11.5 Å². The summed E-state index contributed by atoms with van der Waals surface area (Å²) in [6.07, 6.45) is 3.49. The number of carbonyl (C=O) groups excluding carboxylic acids is 2. The number of nitrogens with one attached hydrogen (secondary N) is 1. The molecule has 4 atom stereocenters. The Labute approximate surface area is 184 Å². The molecule has 5 aliphatic rings. The lowest BCUT2D eigenvalue weighted by atomic mass is 9.59. The van der Waals surface area contributed by atoms with E-state index in [4.69, 9.17) is 9.47 Å². The van der Waals surface area contributed by atoms with Gasteiger partial charge >= 0.3 is 0 Å². The highest BCUT2D eigenvalue weighted by molar-refractivity contribution is 5.98. The third kappa shape index (κ3) is 3.47. The van der Waals surface area contributed by atoms with E-state index in [-0.39, 0.29) is 23.7 Å². The summed E-state index contributed by atoms with van der Waals surface area (Å²) in [5, 5.41) is 3.18. The van der Waals surface area contributed by atoms with Gasteiger partial charge in [0, 0.05) is 56.5 Å². The first-order valence-corrected chi connectivity index (χ1v) is 11.6. The smallest absolute Gasteiger partial charge is 0.258 e. The molecular weight excluding hydrogens is 394 g/mol. The van der Waals surface area contributed by atoms with E-state index < -0.39 is 5.72 Å². The van der Waals surface area contributed by atoms with Gasteiger partial charge in [-0.2, -0.15) is 0 Å². The van der Waals surface area contributed by atoms with Gasteiger partial charge in [-0.25, -0.2) is 0 Å². The van der Waals surface area contributed by atoms with E-state index in [1.54, 1.807) is 25.3 Å². The zero-order valence-electron chi connectivity index (χ0n) is 18.7. The van der Waals surface area contributed by atoms with E-state index in [0.29, 0.717) is 35.4 Å². The summed E-state index contributed by atoms with van der Waals surface area (Å²) in [6, 6.07) is 5.85. The fourth-order valence-electron chi connectivity index (χ4n) is 6.11. The number of amides is 2. The van der Waals surface area contributed by atoms with Crippen LogP contribution >= 0.6 is 0 Å².